The molecule has 1 aliphatic carbocycles. The summed E-state index contributed by atoms with van der Waals surface area (Å²) in [5, 5.41) is 8.73. The molecule has 0 heterocycles. The van der Waals surface area contributed by atoms with E-state index in [2.05, 4.69) is 0 Å². The summed E-state index contributed by atoms with van der Waals surface area (Å²) in [7, 11) is 0. The Labute approximate surface area is 103 Å². The summed E-state index contributed by atoms with van der Waals surface area (Å²) in [4.78, 5) is 20.9. The lowest BCUT2D eigenvalue weighted by molar-refractivity contribution is -0.148. The molecule has 1 aromatic rings. The number of hydrogen-bond acceptors (Lipinski definition) is 3. The summed E-state index contributed by atoms with van der Waals surface area (Å²) < 4.78 is 5.00. The van der Waals surface area contributed by atoms with Gasteiger partial charge in [0.25, 0.3) is 0 Å². The van der Waals surface area contributed by atoms with E-state index in [1.165, 1.54) is 0 Å². The Hall–Kier alpha value is -1.55. The van der Waals surface area contributed by atoms with Crippen LogP contribution >= 0.6 is 11.6 Å². The van der Waals surface area contributed by atoms with Crippen LogP contribution in [0.3, 0.4) is 0 Å². The normalized spacial score (nSPS) is 26.3. The average molecular weight is 255 g/mol. The van der Waals surface area contributed by atoms with Gasteiger partial charge in [-0.2, -0.15) is 0 Å². The fourth-order valence-corrected chi connectivity index (χ4v) is 1.89. The van der Waals surface area contributed by atoms with E-state index in [4.69, 9.17) is 21.4 Å². The summed E-state index contributed by atoms with van der Waals surface area (Å²) in [5.41, 5.74) is 0.841. The second-order valence-electron chi connectivity index (χ2n) is 4.02. The van der Waals surface area contributed by atoms with Crippen LogP contribution in [0.5, 0.6) is 0 Å². The average Bonchev–Trinajstić information content (AvgIpc) is 3.02. The Morgan fingerprint density at radius 2 is 2.06 bits per heavy atom. The standard InChI is InChI=1S/C12H11ClO4/c13-12(6-9(12)10(14)15)11(16)17-7-8-4-2-1-3-5-8/h1-5,9H,6-7H2,(H,14,15). The lowest BCUT2D eigenvalue weighted by Gasteiger charge is -2.08. The monoisotopic (exact) mass is 254 g/mol. The molecule has 90 valence electrons. The number of benzene rings is 1. The van der Waals surface area contributed by atoms with Crippen LogP contribution < -0.4 is 0 Å². The Morgan fingerprint density at radius 1 is 1.41 bits per heavy atom. The zero-order valence-electron chi connectivity index (χ0n) is 8.93. The highest BCUT2D eigenvalue weighted by Crippen LogP contribution is 2.50. The number of halogens is 1. The number of ether oxygens (including phenoxy) is 1. The Balaban J connectivity index is 1.89. The van der Waals surface area contributed by atoms with Gasteiger partial charge in [0.1, 0.15) is 6.61 Å². The van der Waals surface area contributed by atoms with Crippen LogP contribution in [0.2, 0.25) is 0 Å². The summed E-state index contributed by atoms with van der Waals surface area (Å²) in [5.74, 6) is -2.54. The van der Waals surface area contributed by atoms with E-state index in [9.17, 15) is 9.59 Å². The minimum absolute atomic E-state index is 0.112. The van der Waals surface area contributed by atoms with Gasteiger partial charge in [0, 0.05) is 0 Å². The number of carbonyl (C=O) groups excluding carboxylic acids is 1. The van der Waals surface area contributed by atoms with Gasteiger partial charge in [-0.05, 0) is 12.0 Å². The predicted octanol–water partition coefficient (Wildman–Crippen LogP) is 1.81. The number of hydrogen-bond donors (Lipinski definition) is 1. The maximum absolute atomic E-state index is 11.6. The highest BCUT2D eigenvalue weighted by Gasteiger charge is 2.64. The topological polar surface area (TPSA) is 63.6 Å². The summed E-state index contributed by atoms with van der Waals surface area (Å²) in [6, 6.07) is 9.15. The molecule has 0 amide bonds. The van der Waals surface area contributed by atoms with Crippen molar-refractivity contribution in [1.82, 2.24) is 0 Å². The van der Waals surface area contributed by atoms with Crippen molar-refractivity contribution >= 4 is 23.5 Å². The Morgan fingerprint density at radius 3 is 2.59 bits per heavy atom. The second kappa shape index (κ2) is 4.37. The molecule has 1 saturated carbocycles. The van der Waals surface area contributed by atoms with E-state index in [0.717, 1.165) is 5.56 Å². The number of esters is 1. The molecule has 4 nitrogen and oxygen atoms in total. The van der Waals surface area contributed by atoms with Crippen molar-refractivity contribution in [2.24, 2.45) is 5.92 Å². The van der Waals surface area contributed by atoms with Gasteiger partial charge in [-0.15, -0.1) is 11.6 Å². The number of aliphatic carboxylic acids is 1. The molecule has 0 aromatic heterocycles. The van der Waals surface area contributed by atoms with Crippen molar-refractivity contribution in [3.05, 3.63) is 35.9 Å². The van der Waals surface area contributed by atoms with E-state index < -0.39 is 22.7 Å². The van der Waals surface area contributed by atoms with E-state index in [1.807, 2.05) is 30.3 Å². The number of carboxylic acids is 1. The Kier molecular flexibility index (Phi) is 3.07. The minimum atomic E-state index is -1.36. The molecule has 0 radical (unpaired) electrons. The highest BCUT2D eigenvalue weighted by molar-refractivity contribution is 6.38. The first kappa shape index (κ1) is 11.9. The van der Waals surface area contributed by atoms with Gasteiger partial charge < -0.3 is 9.84 Å². The lowest BCUT2D eigenvalue weighted by atomic mass is 10.2. The first-order chi connectivity index (χ1) is 8.04. The van der Waals surface area contributed by atoms with Gasteiger partial charge in [0.15, 0.2) is 4.87 Å². The van der Waals surface area contributed by atoms with Gasteiger partial charge in [-0.1, -0.05) is 30.3 Å². The molecule has 5 heteroatoms. The summed E-state index contributed by atoms with van der Waals surface area (Å²) >= 11 is 5.87. The third-order valence-electron chi connectivity index (χ3n) is 2.74. The fourth-order valence-electron chi connectivity index (χ4n) is 1.59. The lowest BCUT2D eigenvalue weighted by Crippen LogP contribution is -2.24. The van der Waals surface area contributed by atoms with Crippen molar-refractivity contribution in [2.75, 3.05) is 0 Å². The van der Waals surface area contributed by atoms with Crippen molar-refractivity contribution in [3.8, 4) is 0 Å². The molecule has 2 rings (SSSR count). The third kappa shape index (κ3) is 2.42. The van der Waals surface area contributed by atoms with Crippen molar-refractivity contribution in [3.63, 3.8) is 0 Å². The maximum Gasteiger partial charge on any atom is 0.328 e. The van der Waals surface area contributed by atoms with Crippen molar-refractivity contribution in [2.45, 2.75) is 17.9 Å². The summed E-state index contributed by atoms with van der Waals surface area (Å²) in [6.07, 6.45) is 0.136. The third-order valence-corrected chi connectivity index (χ3v) is 3.32. The number of alkyl halides is 1. The second-order valence-corrected chi connectivity index (χ2v) is 4.69. The van der Waals surface area contributed by atoms with Crippen molar-refractivity contribution in [1.29, 1.82) is 0 Å². The van der Waals surface area contributed by atoms with Crippen LogP contribution in [0.1, 0.15) is 12.0 Å². The van der Waals surface area contributed by atoms with Crippen LogP contribution in [0.25, 0.3) is 0 Å². The minimum Gasteiger partial charge on any atom is -0.481 e. The van der Waals surface area contributed by atoms with Gasteiger partial charge in [-0.3, -0.25) is 9.59 Å². The zero-order valence-corrected chi connectivity index (χ0v) is 9.68. The van der Waals surface area contributed by atoms with Gasteiger partial charge >= 0.3 is 11.9 Å². The first-order valence-electron chi connectivity index (χ1n) is 5.17. The Bertz CT molecular complexity index is 445. The SMILES string of the molecule is O=C(O)C1CC1(Cl)C(=O)OCc1ccccc1. The smallest absolute Gasteiger partial charge is 0.328 e. The molecule has 2 atom stereocenters. The van der Waals surface area contributed by atoms with E-state index in [1.54, 1.807) is 0 Å². The highest BCUT2D eigenvalue weighted by atomic mass is 35.5. The zero-order chi connectivity index (χ0) is 12.5. The molecule has 17 heavy (non-hydrogen) atoms. The number of carboxylic acid groups (broad SMARTS) is 1. The number of carbonyl (C=O) groups is 2. The fraction of sp³-hybridized carbons (Fsp3) is 0.333. The molecule has 0 spiro atoms. The largest absolute Gasteiger partial charge is 0.481 e. The predicted molar refractivity (Wildman–Crippen MR) is 60.6 cm³/mol. The molecule has 1 fully saturated rings. The van der Waals surface area contributed by atoms with Crippen LogP contribution in [0.4, 0.5) is 0 Å². The quantitative estimate of drug-likeness (QED) is 0.658. The molecule has 1 aromatic carbocycles. The molecule has 2 unspecified atom stereocenters. The van der Waals surface area contributed by atoms with E-state index in [-0.39, 0.29) is 13.0 Å². The van der Waals surface area contributed by atoms with Crippen LogP contribution in [0, 0.1) is 5.92 Å². The van der Waals surface area contributed by atoms with Gasteiger partial charge in [0.05, 0.1) is 5.92 Å². The van der Waals surface area contributed by atoms with Crippen LogP contribution in [-0.2, 0) is 20.9 Å². The van der Waals surface area contributed by atoms with Crippen LogP contribution in [0.15, 0.2) is 30.3 Å². The molecular weight excluding hydrogens is 244 g/mol. The van der Waals surface area contributed by atoms with E-state index in [0.29, 0.717) is 0 Å². The molecular formula is C12H11ClO4. The maximum atomic E-state index is 11.6. The van der Waals surface area contributed by atoms with Gasteiger partial charge in [0.2, 0.25) is 0 Å². The molecule has 0 saturated heterocycles. The van der Waals surface area contributed by atoms with Gasteiger partial charge in [-0.25, -0.2) is 0 Å². The van der Waals surface area contributed by atoms with Crippen molar-refractivity contribution < 1.29 is 19.4 Å². The molecule has 0 bridgehead atoms. The summed E-state index contributed by atoms with van der Waals surface area (Å²) in [6.45, 7) is 0.112. The number of rotatable bonds is 4. The molecule has 1 N–H and O–H groups in total. The van der Waals surface area contributed by atoms with E-state index >= 15 is 0 Å². The van der Waals surface area contributed by atoms with Crippen LogP contribution in [-0.4, -0.2) is 21.9 Å². The molecule has 1 aliphatic rings. The molecule has 0 aliphatic heterocycles. The first-order valence-corrected chi connectivity index (χ1v) is 5.54.